The summed E-state index contributed by atoms with van der Waals surface area (Å²) < 4.78 is 32.4. The maximum Gasteiger partial charge on any atom is 0.355 e. The zero-order valence-electron chi connectivity index (χ0n) is 24.7. The summed E-state index contributed by atoms with van der Waals surface area (Å²) in [6.07, 6.45) is 2.96. The minimum atomic E-state index is -0.739. The van der Waals surface area contributed by atoms with E-state index in [1.54, 1.807) is 36.2 Å². The van der Waals surface area contributed by atoms with Crippen molar-refractivity contribution in [2.45, 2.75) is 59.5 Å². The minimum Gasteiger partial charge on any atom is -0.349 e. The lowest BCUT2D eigenvalue weighted by Crippen LogP contribution is -2.58. The quantitative estimate of drug-likeness (QED) is 0.295. The zero-order chi connectivity index (χ0) is 30.5. The summed E-state index contributed by atoms with van der Waals surface area (Å²) in [7, 11) is 0. The molecule has 0 unspecified atom stereocenters. The van der Waals surface area contributed by atoms with Crippen LogP contribution in [0.4, 0.5) is 14.6 Å². The highest BCUT2D eigenvalue weighted by Crippen LogP contribution is 2.35. The van der Waals surface area contributed by atoms with Crippen molar-refractivity contribution in [2.24, 2.45) is 0 Å². The number of nitrogens with zero attached hydrogens (tertiary/aromatic N) is 6. The lowest BCUT2D eigenvalue weighted by molar-refractivity contribution is -0.128. The van der Waals surface area contributed by atoms with E-state index in [9.17, 15) is 9.59 Å². The van der Waals surface area contributed by atoms with Gasteiger partial charge in [-0.1, -0.05) is 32.6 Å². The summed E-state index contributed by atoms with van der Waals surface area (Å²) in [5.74, 6) is -1.33. The van der Waals surface area contributed by atoms with Gasteiger partial charge in [0.1, 0.15) is 23.1 Å². The summed E-state index contributed by atoms with van der Waals surface area (Å²) in [4.78, 5) is 43.8. The van der Waals surface area contributed by atoms with Crippen molar-refractivity contribution in [3.63, 3.8) is 0 Å². The third-order valence-electron chi connectivity index (χ3n) is 7.90. The molecule has 42 heavy (non-hydrogen) atoms. The number of hydrogen-bond acceptors (Lipinski definition) is 6. The normalized spacial score (nSPS) is 17.3. The monoisotopic (exact) mass is 572 g/mol. The summed E-state index contributed by atoms with van der Waals surface area (Å²) in [5, 5.41) is 0.297. The van der Waals surface area contributed by atoms with Crippen LogP contribution in [0, 0.1) is 25.5 Å². The number of anilines is 1. The number of carbonyl (C=O) groups excluding carboxylic acids is 1. The van der Waals surface area contributed by atoms with Gasteiger partial charge in [0.25, 0.3) is 0 Å². The molecule has 10 heteroatoms. The van der Waals surface area contributed by atoms with Crippen LogP contribution in [0.2, 0.25) is 0 Å². The molecule has 4 heterocycles. The number of fused-ring (bicyclic) bond motifs is 1. The van der Waals surface area contributed by atoms with Gasteiger partial charge in [-0.15, -0.1) is 0 Å². The highest BCUT2D eigenvalue weighted by molar-refractivity contribution is 5.91. The second kappa shape index (κ2) is 11.1. The molecule has 0 N–H and O–H groups in total. The number of pyridine rings is 2. The predicted molar refractivity (Wildman–Crippen MR) is 160 cm³/mol. The molecule has 2 atom stereocenters. The highest BCUT2D eigenvalue weighted by atomic mass is 19.1. The fraction of sp³-hybridized carbons (Fsp3) is 0.344. The molecule has 1 aliphatic rings. The average molecular weight is 573 g/mol. The Morgan fingerprint density at radius 3 is 2.45 bits per heavy atom. The van der Waals surface area contributed by atoms with Crippen LogP contribution in [0.5, 0.6) is 0 Å². The van der Waals surface area contributed by atoms with Gasteiger partial charge >= 0.3 is 5.69 Å². The van der Waals surface area contributed by atoms with Gasteiger partial charge in [0, 0.05) is 36.9 Å². The van der Waals surface area contributed by atoms with E-state index >= 15 is 8.78 Å². The van der Waals surface area contributed by atoms with Crippen molar-refractivity contribution in [2.75, 3.05) is 18.0 Å². The maximum atomic E-state index is 16.0. The molecule has 0 spiro atoms. The second-order valence-corrected chi connectivity index (χ2v) is 11.2. The smallest absolute Gasteiger partial charge is 0.349 e. The minimum absolute atomic E-state index is 0.0276. The highest BCUT2D eigenvalue weighted by Gasteiger charge is 2.34. The first-order valence-corrected chi connectivity index (χ1v) is 14.0. The van der Waals surface area contributed by atoms with E-state index < -0.39 is 17.3 Å². The molecule has 0 aliphatic carbocycles. The number of piperazine rings is 1. The number of benzene rings is 1. The van der Waals surface area contributed by atoms with E-state index in [2.05, 4.69) is 21.5 Å². The van der Waals surface area contributed by atoms with E-state index in [0.29, 0.717) is 35.4 Å². The van der Waals surface area contributed by atoms with Crippen molar-refractivity contribution >= 4 is 22.8 Å². The van der Waals surface area contributed by atoms with Gasteiger partial charge in [-0.3, -0.25) is 9.78 Å². The number of aryl methyl sites for hydroxylation is 2. The predicted octanol–water partition coefficient (Wildman–Crippen LogP) is 5.47. The molecular weight excluding hydrogens is 538 g/mol. The molecule has 4 aromatic rings. The van der Waals surface area contributed by atoms with Crippen LogP contribution < -0.4 is 10.6 Å². The Balaban J connectivity index is 1.85. The van der Waals surface area contributed by atoms with E-state index in [-0.39, 0.29) is 46.6 Å². The Morgan fingerprint density at radius 1 is 1.05 bits per heavy atom. The average Bonchev–Trinajstić information content (AvgIpc) is 2.94. The Morgan fingerprint density at radius 2 is 1.79 bits per heavy atom. The van der Waals surface area contributed by atoms with Crippen molar-refractivity contribution in [3.05, 3.63) is 88.1 Å². The fourth-order valence-electron chi connectivity index (χ4n) is 5.76. The van der Waals surface area contributed by atoms with Crippen LogP contribution in [0.15, 0.2) is 54.0 Å². The van der Waals surface area contributed by atoms with Gasteiger partial charge in [-0.2, -0.15) is 4.98 Å². The molecule has 8 nitrogen and oxygen atoms in total. The third-order valence-corrected chi connectivity index (χ3v) is 7.90. The first-order valence-electron chi connectivity index (χ1n) is 14.0. The van der Waals surface area contributed by atoms with Crippen LogP contribution in [0.1, 0.15) is 50.4 Å². The van der Waals surface area contributed by atoms with E-state index in [1.165, 1.54) is 22.8 Å². The standard InChI is InChI=1S/C32H34F2N6O2/c1-8-25(41)38-15-21(7)39(16-20(38)6)30-22-14-24(34)28(26-18(4)10-9-11-23(26)33)36-31(22)40(32(42)37-30)29-19(5)12-13-35-27(29)17(2)3/h8-14,17,20-21H,1,15-16H2,2-7H3/t20-,21+/m1/s1. The Kier molecular flexibility index (Phi) is 7.66. The molecule has 0 bridgehead atoms. The van der Waals surface area contributed by atoms with Gasteiger partial charge in [-0.25, -0.2) is 23.1 Å². The van der Waals surface area contributed by atoms with Crippen LogP contribution >= 0.6 is 0 Å². The summed E-state index contributed by atoms with van der Waals surface area (Å²) in [6.45, 7) is 15.6. The van der Waals surface area contributed by atoms with Gasteiger partial charge < -0.3 is 9.80 Å². The first-order chi connectivity index (χ1) is 19.9. The van der Waals surface area contributed by atoms with Crippen molar-refractivity contribution in [1.82, 2.24) is 24.4 Å². The second-order valence-electron chi connectivity index (χ2n) is 11.2. The van der Waals surface area contributed by atoms with E-state index in [0.717, 1.165) is 5.56 Å². The number of hydrogen-bond donors (Lipinski definition) is 0. The molecule has 0 saturated carbocycles. The van der Waals surface area contributed by atoms with Crippen molar-refractivity contribution in [1.29, 1.82) is 0 Å². The van der Waals surface area contributed by atoms with Crippen LogP contribution in [0.25, 0.3) is 28.0 Å². The molecule has 1 saturated heterocycles. The Hall–Kier alpha value is -4.47. The largest absolute Gasteiger partial charge is 0.355 e. The molecule has 1 amide bonds. The van der Waals surface area contributed by atoms with Crippen molar-refractivity contribution in [3.8, 4) is 16.9 Å². The third kappa shape index (κ3) is 4.84. The molecule has 218 valence electrons. The van der Waals surface area contributed by atoms with Crippen molar-refractivity contribution < 1.29 is 13.6 Å². The molecule has 0 radical (unpaired) electrons. The number of halogens is 2. The molecule has 1 aliphatic heterocycles. The summed E-state index contributed by atoms with van der Waals surface area (Å²) in [5.41, 5.74) is 1.80. The lowest BCUT2D eigenvalue weighted by Gasteiger charge is -2.44. The number of rotatable bonds is 5. The molecular formula is C32H34F2N6O2. The SMILES string of the molecule is C=CC(=O)N1C[C@H](C)N(c2nc(=O)n(-c3c(C)ccnc3C(C)C)c3nc(-c4c(C)cccc4F)c(F)cc23)C[C@H]1C. The molecule has 5 rings (SSSR count). The fourth-order valence-corrected chi connectivity index (χ4v) is 5.76. The van der Waals surface area contributed by atoms with Gasteiger partial charge in [0.05, 0.1) is 16.8 Å². The topological polar surface area (TPSA) is 84.2 Å². The van der Waals surface area contributed by atoms with Gasteiger partial charge in [-0.05, 0) is 69.0 Å². The van der Waals surface area contributed by atoms with Gasteiger partial charge in [0.2, 0.25) is 5.91 Å². The van der Waals surface area contributed by atoms with E-state index in [4.69, 9.17) is 0 Å². The van der Waals surface area contributed by atoms with Gasteiger partial charge in [0.15, 0.2) is 5.65 Å². The molecule has 1 fully saturated rings. The van der Waals surface area contributed by atoms with E-state index in [1.807, 2.05) is 39.5 Å². The Labute approximate surface area is 243 Å². The zero-order valence-corrected chi connectivity index (χ0v) is 24.7. The van der Waals surface area contributed by atoms with Crippen LogP contribution in [0.3, 0.4) is 0 Å². The molecule has 3 aromatic heterocycles. The maximum absolute atomic E-state index is 16.0. The Bertz CT molecular complexity index is 1760. The number of amides is 1. The van der Waals surface area contributed by atoms with Crippen LogP contribution in [-0.4, -0.2) is 55.5 Å². The lowest BCUT2D eigenvalue weighted by atomic mass is 10.0. The van der Waals surface area contributed by atoms with Crippen LogP contribution in [-0.2, 0) is 4.79 Å². The summed E-state index contributed by atoms with van der Waals surface area (Å²) >= 11 is 0. The number of carbonyl (C=O) groups is 1. The number of aromatic nitrogens is 4. The summed E-state index contributed by atoms with van der Waals surface area (Å²) in [6, 6.07) is 7.09. The first kappa shape index (κ1) is 29.0. The molecule has 1 aromatic carbocycles.